The number of carbonyl (C=O) groups is 1. The van der Waals surface area contributed by atoms with Crippen molar-refractivity contribution in [3.63, 3.8) is 0 Å². The van der Waals surface area contributed by atoms with E-state index in [1.54, 1.807) is 12.1 Å². The average molecular weight is 272 g/mol. The van der Waals surface area contributed by atoms with Gasteiger partial charge in [0.1, 0.15) is 5.75 Å². The van der Waals surface area contributed by atoms with Crippen LogP contribution in [-0.2, 0) is 0 Å². The van der Waals surface area contributed by atoms with Crippen LogP contribution >= 0.6 is 0 Å². The van der Waals surface area contributed by atoms with Crippen LogP contribution in [0.2, 0.25) is 0 Å². The van der Waals surface area contributed by atoms with E-state index in [0.717, 1.165) is 17.5 Å². The molecule has 0 radical (unpaired) electrons. The van der Waals surface area contributed by atoms with Crippen LogP contribution < -0.4 is 5.43 Å². The van der Waals surface area contributed by atoms with E-state index in [4.69, 9.17) is 0 Å². The van der Waals surface area contributed by atoms with Crippen molar-refractivity contribution in [1.29, 1.82) is 0 Å². The van der Waals surface area contributed by atoms with Gasteiger partial charge in [-0.05, 0) is 62.3 Å². The molecule has 1 aromatic carbocycles. The zero-order valence-electron chi connectivity index (χ0n) is 11.7. The van der Waals surface area contributed by atoms with Crippen molar-refractivity contribution >= 4 is 11.6 Å². The molecule has 4 nitrogen and oxygen atoms in total. The van der Waals surface area contributed by atoms with Gasteiger partial charge in [0.15, 0.2) is 0 Å². The number of hydrogen-bond donors (Lipinski definition) is 2. The summed E-state index contributed by atoms with van der Waals surface area (Å²) in [5, 5.41) is 13.5. The van der Waals surface area contributed by atoms with Crippen molar-refractivity contribution in [3.05, 3.63) is 29.8 Å². The molecule has 0 saturated heterocycles. The maximum Gasteiger partial charge on any atom is 0.271 e. The van der Waals surface area contributed by atoms with Crippen molar-refractivity contribution < 1.29 is 9.90 Å². The highest BCUT2D eigenvalue weighted by Gasteiger charge is 2.40. The number of hydrogen-bond acceptors (Lipinski definition) is 3. The van der Waals surface area contributed by atoms with Crippen LogP contribution in [0.15, 0.2) is 29.4 Å². The molecule has 1 amide bonds. The molecule has 0 heterocycles. The summed E-state index contributed by atoms with van der Waals surface area (Å²) in [5.74, 6) is 2.13. The van der Waals surface area contributed by atoms with E-state index < -0.39 is 0 Å². The number of nitrogens with one attached hydrogen (secondary N) is 1. The zero-order valence-corrected chi connectivity index (χ0v) is 11.7. The molecule has 2 aliphatic carbocycles. The summed E-state index contributed by atoms with van der Waals surface area (Å²) in [5.41, 5.74) is 4.17. The van der Waals surface area contributed by atoms with E-state index in [9.17, 15) is 9.90 Å². The van der Waals surface area contributed by atoms with Crippen LogP contribution in [0.5, 0.6) is 5.75 Å². The molecule has 2 aliphatic rings. The molecule has 0 spiro atoms. The van der Waals surface area contributed by atoms with Crippen molar-refractivity contribution in [3.8, 4) is 5.75 Å². The Morgan fingerprint density at radius 1 is 1.25 bits per heavy atom. The van der Waals surface area contributed by atoms with E-state index in [1.807, 2.05) is 6.92 Å². The highest BCUT2D eigenvalue weighted by atomic mass is 16.3. The summed E-state index contributed by atoms with van der Waals surface area (Å²) in [6, 6.07) is 6.18. The smallest absolute Gasteiger partial charge is 0.271 e. The minimum Gasteiger partial charge on any atom is -0.508 e. The minimum atomic E-state index is -0.229. The molecule has 1 aromatic rings. The third-order valence-electron chi connectivity index (χ3n) is 4.74. The summed E-state index contributed by atoms with van der Waals surface area (Å²) in [4.78, 5) is 11.9. The first-order chi connectivity index (χ1) is 9.63. The highest BCUT2D eigenvalue weighted by molar-refractivity contribution is 5.95. The first kappa shape index (κ1) is 13.2. The maximum absolute atomic E-state index is 11.9. The van der Waals surface area contributed by atoms with Gasteiger partial charge in [0.2, 0.25) is 0 Å². The molecule has 106 valence electrons. The molecular weight excluding hydrogens is 252 g/mol. The van der Waals surface area contributed by atoms with E-state index in [0.29, 0.717) is 11.5 Å². The number of aromatic hydroxyl groups is 1. The fourth-order valence-corrected chi connectivity index (χ4v) is 3.66. The number of carbonyl (C=O) groups excluding carboxylic acids is 1. The Morgan fingerprint density at radius 2 is 2.00 bits per heavy atom. The topological polar surface area (TPSA) is 61.7 Å². The number of phenolic OH excluding ortho intramolecular Hbond substituents is 1. The molecule has 2 fully saturated rings. The van der Waals surface area contributed by atoms with Crippen LogP contribution in [0.25, 0.3) is 0 Å². The van der Waals surface area contributed by atoms with Crippen molar-refractivity contribution in [1.82, 2.24) is 5.43 Å². The van der Waals surface area contributed by atoms with Gasteiger partial charge >= 0.3 is 0 Å². The molecular formula is C16H20N2O2. The van der Waals surface area contributed by atoms with Crippen LogP contribution in [-0.4, -0.2) is 16.7 Å². The monoisotopic (exact) mass is 272 g/mol. The molecule has 0 aliphatic heterocycles. The first-order valence-electron chi connectivity index (χ1n) is 7.27. The maximum atomic E-state index is 11.9. The van der Waals surface area contributed by atoms with E-state index in [1.165, 1.54) is 37.8 Å². The third kappa shape index (κ3) is 2.55. The van der Waals surface area contributed by atoms with Crippen LogP contribution in [0.3, 0.4) is 0 Å². The molecule has 2 N–H and O–H groups in total. The lowest BCUT2D eigenvalue weighted by molar-refractivity contribution is 0.0954. The van der Waals surface area contributed by atoms with Crippen LogP contribution in [0, 0.1) is 17.8 Å². The summed E-state index contributed by atoms with van der Waals surface area (Å²) in [6.07, 6.45) is 5.25. The molecule has 2 saturated carbocycles. The van der Waals surface area contributed by atoms with Crippen molar-refractivity contribution in [2.75, 3.05) is 0 Å². The molecule has 2 bridgehead atoms. The Labute approximate surface area is 118 Å². The van der Waals surface area contributed by atoms with Crippen molar-refractivity contribution in [2.24, 2.45) is 22.9 Å². The number of rotatable bonds is 3. The number of fused-ring (bicyclic) bond motifs is 2. The lowest BCUT2D eigenvalue weighted by Crippen LogP contribution is -2.24. The number of benzene rings is 1. The Bertz CT molecular complexity index is 536. The molecule has 3 atom stereocenters. The molecule has 0 aromatic heterocycles. The number of hydrazone groups is 1. The van der Waals surface area contributed by atoms with Gasteiger partial charge < -0.3 is 5.11 Å². The number of phenols is 1. The Morgan fingerprint density at radius 3 is 2.60 bits per heavy atom. The summed E-state index contributed by atoms with van der Waals surface area (Å²) in [6.45, 7) is 2.02. The first-order valence-corrected chi connectivity index (χ1v) is 7.27. The number of amides is 1. The van der Waals surface area contributed by atoms with Gasteiger partial charge in [-0.2, -0.15) is 5.10 Å². The summed E-state index contributed by atoms with van der Waals surface area (Å²) in [7, 11) is 0. The zero-order chi connectivity index (χ0) is 14.1. The van der Waals surface area contributed by atoms with E-state index in [2.05, 4.69) is 10.5 Å². The van der Waals surface area contributed by atoms with E-state index >= 15 is 0 Å². The van der Waals surface area contributed by atoms with Gasteiger partial charge in [-0.3, -0.25) is 4.79 Å². The molecule has 20 heavy (non-hydrogen) atoms. The third-order valence-corrected chi connectivity index (χ3v) is 4.74. The lowest BCUT2D eigenvalue weighted by Gasteiger charge is -2.21. The van der Waals surface area contributed by atoms with Crippen LogP contribution in [0.4, 0.5) is 0 Å². The Balaban J connectivity index is 1.61. The largest absolute Gasteiger partial charge is 0.508 e. The second-order valence-corrected chi connectivity index (χ2v) is 6.02. The Hall–Kier alpha value is -1.84. The summed E-state index contributed by atoms with van der Waals surface area (Å²) < 4.78 is 0. The predicted octanol–water partition coefficient (Wildman–Crippen LogP) is 2.93. The van der Waals surface area contributed by atoms with E-state index in [-0.39, 0.29) is 11.7 Å². The van der Waals surface area contributed by atoms with Gasteiger partial charge in [0.25, 0.3) is 5.91 Å². The molecule has 3 rings (SSSR count). The average Bonchev–Trinajstić information content (AvgIpc) is 3.08. The fraction of sp³-hybridized carbons (Fsp3) is 0.500. The second kappa shape index (κ2) is 5.27. The van der Waals surface area contributed by atoms with Gasteiger partial charge in [-0.25, -0.2) is 5.43 Å². The standard InChI is InChI=1S/C16H20N2O2/c1-10(15-9-11-2-3-13(15)8-11)17-18-16(20)12-4-6-14(19)7-5-12/h4-7,11,13,15,19H,2-3,8-9H2,1H3,(H,18,20)/b17-10+. The molecule has 3 unspecified atom stereocenters. The second-order valence-electron chi connectivity index (χ2n) is 6.02. The Kier molecular flexibility index (Phi) is 3.47. The highest BCUT2D eigenvalue weighted by Crippen LogP contribution is 2.48. The fourth-order valence-electron chi connectivity index (χ4n) is 3.66. The molecule has 4 heteroatoms. The van der Waals surface area contributed by atoms with Gasteiger partial charge in [0, 0.05) is 17.2 Å². The minimum absolute atomic E-state index is 0.156. The van der Waals surface area contributed by atoms with Gasteiger partial charge in [-0.15, -0.1) is 0 Å². The lowest BCUT2D eigenvalue weighted by atomic mass is 9.86. The summed E-state index contributed by atoms with van der Waals surface area (Å²) >= 11 is 0. The quantitative estimate of drug-likeness (QED) is 0.656. The van der Waals surface area contributed by atoms with Gasteiger partial charge in [0.05, 0.1) is 0 Å². The van der Waals surface area contributed by atoms with Crippen molar-refractivity contribution in [2.45, 2.75) is 32.6 Å². The van der Waals surface area contributed by atoms with Gasteiger partial charge in [-0.1, -0.05) is 6.42 Å². The number of nitrogens with zero attached hydrogens (tertiary/aromatic N) is 1. The van der Waals surface area contributed by atoms with Crippen LogP contribution in [0.1, 0.15) is 43.0 Å². The normalized spacial score (nSPS) is 28.6. The predicted molar refractivity (Wildman–Crippen MR) is 77.6 cm³/mol. The SMILES string of the molecule is C/C(=N\NC(=O)c1ccc(O)cc1)C1CC2CCC1C2.